The Morgan fingerprint density at radius 3 is 2.78 bits per heavy atom. The number of nitro groups is 1. The van der Waals surface area contributed by atoms with Crippen LogP contribution >= 0.6 is 0 Å². The maximum absolute atomic E-state index is 12.2. The van der Waals surface area contributed by atoms with Crippen LogP contribution in [0.1, 0.15) is 25.7 Å². The topological polar surface area (TPSA) is 108 Å². The molecule has 3 rings (SSSR count). The highest BCUT2D eigenvalue weighted by Crippen LogP contribution is 2.39. The Hall–Kier alpha value is -1.55. The van der Waals surface area contributed by atoms with Gasteiger partial charge in [0.2, 0.25) is 10.0 Å². The first kappa shape index (κ1) is 16.3. The molecule has 1 aromatic carbocycles. The zero-order valence-electron chi connectivity index (χ0n) is 12.4. The molecule has 1 heterocycles. The smallest absolute Gasteiger partial charge is 0.270 e. The molecule has 2 aliphatic rings. The minimum absolute atomic E-state index is 0.0762. The molecule has 8 nitrogen and oxygen atoms in total. The third kappa shape index (κ3) is 3.52. The van der Waals surface area contributed by atoms with Crippen molar-refractivity contribution in [3.05, 3.63) is 34.4 Å². The Morgan fingerprint density at radius 1 is 1.35 bits per heavy atom. The molecule has 1 aliphatic heterocycles. The number of hydrogen-bond donors (Lipinski definition) is 1. The standard InChI is InChI=1S/C14H18N2O6S/c17-16(18)11-4-3-5-13(8-11)23(19,20)15-9-12-10-21-14(22-12)6-1-2-7-14/h3-5,8,12,15H,1-2,6-7,9-10H2/t12-/m1/s1. The van der Waals surface area contributed by atoms with Crippen molar-refractivity contribution in [1.29, 1.82) is 0 Å². The maximum atomic E-state index is 12.2. The SMILES string of the molecule is O=[N+]([O-])c1cccc(S(=O)(=O)NC[C@@H]2COC3(CCCC3)O2)c1. The second-order valence-electron chi connectivity index (χ2n) is 5.78. The number of hydrogen-bond acceptors (Lipinski definition) is 6. The van der Waals surface area contributed by atoms with Crippen LogP contribution in [0.2, 0.25) is 0 Å². The van der Waals surface area contributed by atoms with Gasteiger partial charge in [-0.1, -0.05) is 6.07 Å². The number of nitrogens with zero attached hydrogens (tertiary/aromatic N) is 1. The molecule has 1 spiro atoms. The number of benzene rings is 1. The van der Waals surface area contributed by atoms with Gasteiger partial charge in [0.1, 0.15) is 0 Å². The lowest BCUT2D eigenvalue weighted by molar-refractivity contribution is -0.385. The lowest BCUT2D eigenvalue weighted by Crippen LogP contribution is -2.35. The van der Waals surface area contributed by atoms with Gasteiger partial charge in [-0.05, 0) is 18.9 Å². The van der Waals surface area contributed by atoms with Crippen molar-refractivity contribution < 1.29 is 22.8 Å². The van der Waals surface area contributed by atoms with Gasteiger partial charge in [-0.3, -0.25) is 10.1 Å². The maximum Gasteiger partial charge on any atom is 0.270 e. The molecule has 1 saturated heterocycles. The molecule has 126 valence electrons. The number of rotatable bonds is 5. The summed E-state index contributed by atoms with van der Waals surface area (Å²) in [7, 11) is -3.83. The van der Waals surface area contributed by atoms with Crippen LogP contribution in [-0.2, 0) is 19.5 Å². The van der Waals surface area contributed by atoms with Gasteiger partial charge in [0, 0.05) is 31.5 Å². The van der Waals surface area contributed by atoms with Crippen LogP contribution in [0.15, 0.2) is 29.2 Å². The minimum atomic E-state index is -3.83. The predicted molar refractivity (Wildman–Crippen MR) is 80.3 cm³/mol. The normalized spacial score (nSPS) is 23.4. The lowest BCUT2D eigenvalue weighted by Gasteiger charge is -2.21. The molecule has 1 saturated carbocycles. The molecule has 0 amide bonds. The van der Waals surface area contributed by atoms with Gasteiger partial charge in [0.15, 0.2) is 5.79 Å². The molecule has 23 heavy (non-hydrogen) atoms. The van der Waals surface area contributed by atoms with Crippen LogP contribution in [0, 0.1) is 10.1 Å². The zero-order chi connectivity index (χ0) is 16.5. The average Bonchev–Trinajstić information content (AvgIpc) is 3.16. The van der Waals surface area contributed by atoms with Crippen LogP contribution in [0.4, 0.5) is 5.69 Å². The summed E-state index contributed by atoms with van der Waals surface area (Å²) in [6.45, 7) is 0.421. The molecule has 0 bridgehead atoms. The second kappa shape index (κ2) is 6.16. The van der Waals surface area contributed by atoms with Crippen LogP contribution in [0.5, 0.6) is 0 Å². The number of sulfonamides is 1. The van der Waals surface area contributed by atoms with Gasteiger partial charge < -0.3 is 9.47 Å². The molecule has 9 heteroatoms. The molecule has 2 fully saturated rings. The number of non-ortho nitro benzene ring substituents is 1. The van der Waals surface area contributed by atoms with Crippen molar-refractivity contribution in [2.45, 2.75) is 42.5 Å². The lowest BCUT2D eigenvalue weighted by atomic mass is 10.2. The Kier molecular flexibility index (Phi) is 4.37. The summed E-state index contributed by atoms with van der Waals surface area (Å²) in [5.74, 6) is -0.540. The van der Waals surface area contributed by atoms with Gasteiger partial charge in [0.05, 0.1) is 22.5 Å². The van der Waals surface area contributed by atoms with Crippen molar-refractivity contribution in [3.8, 4) is 0 Å². The number of ether oxygens (including phenoxy) is 2. The average molecular weight is 342 g/mol. The molecule has 1 atom stereocenters. The van der Waals surface area contributed by atoms with Crippen molar-refractivity contribution in [3.63, 3.8) is 0 Å². The molecule has 1 aliphatic carbocycles. The fraction of sp³-hybridized carbons (Fsp3) is 0.571. The van der Waals surface area contributed by atoms with Crippen LogP contribution in [0.25, 0.3) is 0 Å². The highest BCUT2D eigenvalue weighted by molar-refractivity contribution is 7.89. The zero-order valence-corrected chi connectivity index (χ0v) is 13.3. The fourth-order valence-corrected chi connectivity index (χ4v) is 4.05. The van der Waals surface area contributed by atoms with E-state index in [1.165, 1.54) is 18.2 Å². The molecule has 1 aromatic rings. The summed E-state index contributed by atoms with van der Waals surface area (Å²) >= 11 is 0. The number of nitro benzene ring substituents is 1. The minimum Gasteiger partial charge on any atom is -0.347 e. The largest absolute Gasteiger partial charge is 0.347 e. The molecule has 0 radical (unpaired) electrons. The van der Waals surface area contributed by atoms with Crippen molar-refractivity contribution >= 4 is 15.7 Å². The number of nitrogens with one attached hydrogen (secondary N) is 1. The van der Waals surface area contributed by atoms with E-state index in [2.05, 4.69) is 4.72 Å². The highest BCUT2D eigenvalue weighted by atomic mass is 32.2. The summed E-state index contributed by atoms with van der Waals surface area (Å²) < 4.78 is 38.5. The highest BCUT2D eigenvalue weighted by Gasteiger charge is 2.43. The third-order valence-electron chi connectivity index (χ3n) is 4.12. The van der Waals surface area contributed by atoms with E-state index in [0.717, 1.165) is 31.7 Å². The van der Waals surface area contributed by atoms with Gasteiger partial charge in [-0.25, -0.2) is 13.1 Å². The van der Waals surface area contributed by atoms with Gasteiger partial charge in [-0.2, -0.15) is 0 Å². The van der Waals surface area contributed by atoms with Crippen molar-refractivity contribution in [2.24, 2.45) is 0 Å². The first-order chi connectivity index (χ1) is 10.9. The quantitative estimate of drug-likeness (QED) is 0.642. The van der Waals surface area contributed by atoms with E-state index in [4.69, 9.17) is 9.47 Å². The molecular formula is C14H18N2O6S. The van der Waals surface area contributed by atoms with Crippen LogP contribution < -0.4 is 4.72 Å². The summed E-state index contributed by atoms with van der Waals surface area (Å²) in [5, 5.41) is 10.7. The van der Waals surface area contributed by atoms with E-state index in [0.29, 0.717) is 6.61 Å². The fourth-order valence-electron chi connectivity index (χ4n) is 2.94. The Bertz CT molecular complexity index is 699. The molecule has 0 unspecified atom stereocenters. The molecule has 0 aromatic heterocycles. The molecule has 1 N–H and O–H groups in total. The van der Waals surface area contributed by atoms with Gasteiger partial charge in [-0.15, -0.1) is 0 Å². The first-order valence-corrected chi connectivity index (χ1v) is 8.94. The van der Waals surface area contributed by atoms with E-state index in [-0.39, 0.29) is 23.2 Å². The van der Waals surface area contributed by atoms with E-state index in [9.17, 15) is 18.5 Å². The van der Waals surface area contributed by atoms with Crippen LogP contribution in [0.3, 0.4) is 0 Å². The third-order valence-corrected chi connectivity index (χ3v) is 5.54. The summed E-state index contributed by atoms with van der Waals surface area (Å²) in [5.41, 5.74) is -0.266. The predicted octanol–water partition coefficient (Wildman–Crippen LogP) is 1.56. The molecular weight excluding hydrogens is 324 g/mol. The van der Waals surface area contributed by atoms with E-state index in [1.54, 1.807) is 0 Å². The van der Waals surface area contributed by atoms with E-state index < -0.39 is 20.7 Å². The summed E-state index contributed by atoms with van der Waals surface area (Å²) in [4.78, 5) is 9.98. The monoisotopic (exact) mass is 342 g/mol. The Morgan fingerprint density at radius 2 is 2.09 bits per heavy atom. The second-order valence-corrected chi connectivity index (χ2v) is 7.54. The van der Waals surface area contributed by atoms with Crippen molar-refractivity contribution in [1.82, 2.24) is 4.72 Å². The van der Waals surface area contributed by atoms with Gasteiger partial charge >= 0.3 is 0 Å². The van der Waals surface area contributed by atoms with Crippen LogP contribution in [-0.4, -0.2) is 38.4 Å². The Labute approximate surface area is 134 Å². The first-order valence-electron chi connectivity index (χ1n) is 7.46. The Balaban J connectivity index is 1.63. The van der Waals surface area contributed by atoms with E-state index in [1.807, 2.05) is 0 Å². The van der Waals surface area contributed by atoms with Crippen molar-refractivity contribution in [2.75, 3.05) is 13.2 Å². The summed E-state index contributed by atoms with van der Waals surface area (Å²) in [6.07, 6.45) is 3.42. The summed E-state index contributed by atoms with van der Waals surface area (Å²) in [6, 6.07) is 4.94. The van der Waals surface area contributed by atoms with Gasteiger partial charge in [0.25, 0.3) is 5.69 Å². The van der Waals surface area contributed by atoms with E-state index >= 15 is 0 Å².